The summed E-state index contributed by atoms with van der Waals surface area (Å²) in [5.41, 5.74) is 15.1. The van der Waals surface area contributed by atoms with E-state index in [0.717, 1.165) is 67.2 Å². The highest BCUT2D eigenvalue weighted by Crippen LogP contribution is 2.51. The quantitative estimate of drug-likeness (QED) is 0.168. The Morgan fingerprint density at radius 3 is 1.63 bits per heavy atom. The van der Waals surface area contributed by atoms with Gasteiger partial charge in [-0.25, -0.2) is 4.98 Å². The molecule has 12 rings (SSSR count). The van der Waals surface area contributed by atoms with Crippen LogP contribution in [-0.4, -0.2) is 24.1 Å². The molecule has 1 aliphatic carbocycles. The molecule has 0 saturated heterocycles. The van der Waals surface area contributed by atoms with E-state index in [2.05, 4.69) is 201 Å². The summed E-state index contributed by atoms with van der Waals surface area (Å²) in [5.74, 6) is 1.80. The van der Waals surface area contributed by atoms with Crippen LogP contribution in [0.1, 0.15) is 45.2 Å². The average Bonchev–Trinajstić information content (AvgIpc) is 3.91. The van der Waals surface area contributed by atoms with Crippen molar-refractivity contribution in [3.63, 3.8) is 0 Å². The first-order valence-corrected chi connectivity index (χ1v) is 21.9. The van der Waals surface area contributed by atoms with Gasteiger partial charge in [0.2, 0.25) is 5.95 Å². The van der Waals surface area contributed by atoms with Gasteiger partial charge in [-0.3, -0.25) is 4.57 Å². The number of hydrogen-bond donors (Lipinski definition) is 0. The maximum absolute atomic E-state index is 5.42. The van der Waals surface area contributed by atoms with Crippen molar-refractivity contribution in [3.8, 4) is 56.7 Å². The molecule has 0 aliphatic heterocycles. The Labute approximate surface area is 367 Å². The lowest BCUT2D eigenvalue weighted by Gasteiger charge is -2.22. The van der Waals surface area contributed by atoms with Gasteiger partial charge in [0.25, 0.3) is 0 Å². The number of para-hydroxylation sites is 3. The van der Waals surface area contributed by atoms with Crippen LogP contribution < -0.4 is 0 Å². The van der Waals surface area contributed by atoms with Crippen molar-refractivity contribution >= 4 is 43.6 Å². The fraction of sp³-hybridized carbons (Fsp3) is 0.121. The van der Waals surface area contributed by atoms with Crippen LogP contribution in [-0.2, 0) is 10.8 Å². The van der Waals surface area contributed by atoms with Crippen molar-refractivity contribution in [2.45, 2.75) is 44.9 Å². The highest BCUT2D eigenvalue weighted by Gasteiger charge is 2.42. The number of fused-ring (bicyclic) bond motifs is 8. The molecule has 3 aromatic heterocycles. The lowest BCUT2D eigenvalue weighted by Crippen LogP contribution is -2.17. The van der Waals surface area contributed by atoms with Crippen LogP contribution in [0.5, 0.6) is 0 Å². The third-order valence-corrected chi connectivity index (χ3v) is 13.4. The molecule has 0 fully saturated rings. The van der Waals surface area contributed by atoms with Crippen LogP contribution in [0.25, 0.3) is 100 Å². The Morgan fingerprint density at radius 1 is 0.381 bits per heavy atom. The predicted octanol–water partition coefficient (Wildman–Crippen LogP) is 14.7. The van der Waals surface area contributed by atoms with Crippen molar-refractivity contribution in [3.05, 3.63) is 199 Å². The van der Waals surface area contributed by atoms with Gasteiger partial charge in [-0.15, -0.1) is 0 Å². The average molecular weight is 812 g/mol. The monoisotopic (exact) mass is 811 g/mol. The minimum Gasteiger partial charge on any atom is -0.307 e. The zero-order valence-electron chi connectivity index (χ0n) is 35.8. The van der Waals surface area contributed by atoms with E-state index < -0.39 is 0 Å². The second-order valence-corrected chi connectivity index (χ2v) is 18.4. The highest BCUT2D eigenvalue weighted by molar-refractivity contribution is 6.24. The summed E-state index contributed by atoms with van der Waals surface area (Å²) in [7, 11) is 0. The standard InChI is InChI=1S/C58H45N5/c1-57(2)36-58(3,4)48-35-40(30-33-47(48)57)42-24-11-14-27-49(42)62-50-28-15-12-25-43(50)45-31-32-46-44-26-13-16-29-51(44)63(53(46)52(45)62)56-60-54(38-20-9-6-10-21-38)59-55(61-56)41-23-17-22-39(34-41)37-18-7-5-8-19-37/h5-35H,36H2,1-4H3. The van der Waals surface area contributed by atoms with Crippen LogP contribution in [0, 0.1) is 0 Å². The number of nitrogens with zero attached hydrogens (tertiary/aromatic N) is 5. The number of hydrogen-bond acceptors (Lipinski definition) is 3. The SMILES string of the molecule is CC1(C)CC(C)(C)c2cc(-c3ccccc3-n3c4ccccc4c4ccc5c6ccccc6n(-c6nc(-c7ccccc7)nc(-c7cccc(-c8ccccc8)c7)n6)c5c43)ccc21. The fourth-order valence-electron chi connectivity index (χ4n) is 10.8. The van der Waals surface area contributed by atoms with Crippen LogP contribution >= 0.6 is 0 Å². The molecule has 0 atom stereocenters. The van der Waals surface area contributed by atoms with E-state index in [1.165, 1.54) is 33.0 Å². The zero-order chi connectivity index (χ0) is 42.5. The molecule has 11 aromatic rings. The topological polar surface area (TPSA) is 48.5 Å². The van der Waals surface area contributed by atoms with Gasteiger partial charge in [0, 0.05) is 38.2 Å². The summed E-state index contributed by atoms with van der Waals surface area (Å²) in [6.07, 6.45) is 1.12. The Morgan fingerprint density at radius 2 is 0.921 bits per heavy atom. The Bertz CT molecular complexity index is 3590. The highest BCUT2D eigenvalue weighted by atomic mass is 15.2. The number of benzene rings is 8. The van der Waals surface area contributed by atoms with Gasteiger partial charge >= 0.3 is 0 Å². The van der Waals surface area contributed by atoms with Crippen LogP contribution in [0.2, 0.25) is 0 Å². The Balaban J connectivity index is 1.17. The Kier molecular flexibility index (Phi) is 8.23. The van der Waals surface area contributed by atoms with Gasteiger partial charge in [0.05, 0.1) is 27.8 Å². The molecule has 0 saturated carbocycles. The van der Waals surface area contributed by atoms with Crippen molar-refractivity contribution in [1.82, 2.24) is 24.1 Å². The molecule has 0 bridgehead atoms. The molecule has 8 aromatic carbocycles. The fourth-order valence-corrected chi connectivity index (χ4v) is 10.8. The minimum absolute atomic E-state index is 0.0780. The summed E-state index contributed by atoms with van der Waals surface area (Å²) in [6.45, 7) is 9.57. The van der Waals surface area contributed by atoms with Crippen LogP contribution in [0.15, 0.2) is 188 Å². The van der Waals surface area contributed by atoms with Gasteiger partial charge in [-0.05, 0) is 69.3 Å². The largest absolute Gasteiger partial charge is 0.307 e. The summed E-state index contributed by atoms with van der Waals surface area (Å²) >= 11 is 0. The molecule has 0 radical (unpaired) electrons. The number of aromatic nitrogens is 5. The first-order valence-electron chi connectivity index (χ1n) is 21.9. The van der Waals surface area contributed by atoms with E-state index in [0.29, 0.717) is 17.6 Å². The van der Waals surface area contributed by atoms with Crippen molar-refractivity contribution < 1.29 is 0 Å². The van der Waals surface area contributed by atoms with Gasteiger partial charge in [0.1, 0.15) is 0 Å². The van der Waals surface area contributed by atoms with E-state index in [1.807, 2.05) is 24.3 Å². The van der Waals surface area contributed by atoms with E-state index in [4.69, 9.17) is 15.0 Å². The Hall–Kier alpha value is -7.63. The minimum atomic E-state index is 0.0780. The second-order valence-electron chi connectivity index (χ2n) is 18.4. The lowest BCUT2D eigenvalue weighted by atomic mass is 9.82. The summed E-state index contributed by atoms with van der Waals surface area (Å²) in [4.78, 5) is 16.0. The molecular weight excluding hydrogens is 767 g/mol. The lowest BCUT2D eigenvalue weighted by molar-refractivity contribution is 0.403. The first kappa shape index (κ1) is 37.2. The number of rotatable bonds is 6. The third-order valence-electron chi connectivity index (χ3n) is 13.4. The van der Waals surface area contributed by atoms with Crippen molar-refractivity contribution in [2.75, 3.05) is 0 Å². The van der Waals surface area contributed by atoms with Crippen LogP contribution in [0.4, 0.5) is 0 Å². The molecule has 0 amide bonds. The van der Waals surface area contributed by atoms with Gasteiger partial charge in [0.15, 0.2) is 11.6 Å². The van der Waals surface area contributed by atoms with Gasteiger partial charge < -0.3 is 4.57 Å². The molecule has 0 spiro atoms. The van der Waals surface area contributed by atoms with Crippen molar-refractivity contribution in [1.29, 1.82) is 0 Å². The predicted molar refractivity (Wildman–Crippen MR) is 261 cm³/mol. The first-order chi connectivity index (χ1) is 30.7. The molecule has 0 N–H and O–H groups in total. The van der Waals surface area contributed by atoms with Crippen LogP contribution in [0.3, 0.4) is 0 Å². The maximum Gasteiger partial charge on any atom is 0.238 e. The molecule has 0 unspecified atom stereocenters. The van der Waals surface area contributed by atoms with Gasteiger partial charge in [-0.1, -0.05) is 191 Å². The molecule has 3 heterocycles. The normalized spacial score (nSPS) is 14.2. The van der Waals surface area contributed by atoms with E-state index in [1.54, 1.807) is 0 Å². The van der Waals surface area contributed by atoms with Gasteiger partial charge in [-0.2, -0.15) is 9.97 Å². The molecule has 63 heavy (non-hydrogen) atoms. The van der Waals surface area contributed by atoms with E-state index >= 15 is 0 Å². The van der Waals surface area contributed by atoms with Crippen molar-refractivity contribution in [2.24, 2.45) is 0 Å². The smallest absolute Gasteiger partial charge is 0.238 e. The molecule has 1 aliphatic rings. The summed E-state index contributed by atoms with van der Waals surface area (Å²) in [5, 5.41) is 4.63. The summed E-state index contributed by atoms with van der Waals surface area (Å²) in [6, 6.07) is 67.4. The maximum atomic E-state index is 5.42. The van der Waals surface area contributed by atoms with E-state index in [9.17, 15) is 0 Å². The molecule has 302 valence electrons. The molecule has 5 heteroatoms. The molecular formula is C58H45N5. The second kappa shape index (κ2) is 13.9. The molecule has 5 nitrogen and oxygen atoms in total. The summed E-state index contributed by atoms with van der Waals surface area (Å²) < 4.78 is 4.77. The third kappa shape index (κ3) is 5.87. The zero-order valence-corrected chi connectivity index (χ0v) is 35.8. The van der Waals surface area contributed by atoms with E-state index in [-0.39, 0.29) is 10.8 Å².